The highest BCUT2D eigenvalue weighted by Crippen LogP contribution is 2.26. The molecule has 0 amide bonds. The average Bonchev–Trinajstić information content (AvgIpc) is 2.44. The Morgan fingerprint density at radius 2 is 2.33 bits per heavy atom. The van der Waals surface area contributed by atoms with Crippen LogP contribution in [0.5, 0.6) is 0 Å². The molecular formula is C8H9ClN2S. The van der Waals surface area contributed by atoms with Gasteiger partial charge in [0.2, 0.25) is 0 Å². The minimum absolute atomic E-state index is 0.419. The summed E-state index contributed by atoms with van der Waals surface area (Å²) in [5, 5.41) is 2.65. The molecule has 0 radical (unpaired) electrons. The summed E-state index contributed by atoms with van der Waals surface area (Å²) in [5.41, 5.74) is 1.10. The molecule has 0 N–H and O–H groups in total. The van der Waals surface area contributed by atoms with Gasteiger partial charge in [0.1, 0.15) is 0 Å². The lowest BCUT2D eigenvalue weighted by molar-refractivity contribution is 0.811. The molecule has 12 heavy (non-hydrogen) atoms. The highest BCUT2D eigenvalue weighted by molar-refractivity contribution is 7.15. The van der Waals surface area contributed by atoms with Gasteiger partial charge in [-0.3, -0.25) is 4.40 Å². The number of hydrogen-bond donors (Lipinski definition) is 0. The zero-order chi connectivity index (χ0) is 8.72. The van der Waals surface area contributed by atoms with Gasteiger partial charge >= 0.3 is 0 Å². The topological polar surface area (TPSA) is 17.3 Å². The molecule has 0 unspecified atom stereocenters. The molecule has 0 fully saturated rings. The maximum absolute atomic E-state index is 5.98. The molecule has 0 spiro atoms. The molecule has 0 bridgehead atoms. The Bertz CT molecular complexity index is 402. The van der Waals surface area contributed by atoms with Gasteiger partial charge in [0, 0.05) is 11.6 Å². The van der Waals surface area contributed by atoms with Gasteiger partial charge in [-0.15, -0.1) is 11.3 Å². The van der Waals surface area contributed by atoms with Crippen LogP contribution in [0, 0.1) is 0 Å². The molecule has 2 aromatic rings. The van der Waals surface area contributed by atoms with Gasteiger partial charge in [-0.05, 0) is 5.92 Å². The van der Waals surface area contributed by atoms with Gasteiger partial charge < -0.3 is 0 Å². The van der Waals surface area contributed by atoms with E-state index in [0.717, 1.165) is 10.7 Å². The minimum atomic E-state index is 0.419. The van der Waals surface area contributed by atoms with E-state index < -0.39 is 0 Å². The van der Waals surface area contributed by atoms with Gasteiger partial charge in [-0.2, -0.15) is 0 Å². The van der Waals surface area contributed by atoms with Crippen molar-refractivity contribution in [2.45, 2.75) is 19.8 Å². The second-order valence-electron chi connectivity index (χ2n) is 3.00. The first-order valence-electron chi connectivity index (χ1n) is 3.81. The van der Waals surface area contributed by atoms with Gasteiger partial charge in [0.25, 0.3) is 0 Å². The number of hydrogen-bond acceptors (Lipinski definition) is 2. The van der Waals surface area contributed by atoms with Crippen molar-refractivity contribution < 1.29 is 0 Å². The summed E-state index contributed by atoms with van der Waals surface area (Å²) in [4.78, 5) is 5.22. The molecule has 0 saturated heterocycles. The van der Waals surface area contributed by atoms with Crippen molar-refractivity contribution in [2.75, 3.05) is 0 Å². The number of aromatic nitrogens is 2. The van der Waals surface area contributed by atoms with E-state index in [4.69, 9.17) is 11.6 Å². The normalized spacial score (nSPS) is 11.7. The quantitative estimate of drug-likeness (QED) is 0.691. The summed E-state index contributed by atoms with van der Waals surface area (Å²) < 4.78 is 2.05. The van der Waals surface area contributed by atoms with E-state index in [-0.39, 0.29) is 0 Å². The number of thiazole rings is 1. The number of nitrogens with zero attached hydrogens (tertiary/aromatic N) is 2. The monoisotopic (exact) mass is 200 g/mol. The van der Waals surface area contributed by atoms with Crippen molar-refractivity contribution in [3.8, 4) is 0 Å². The maximum atomic E-state index is 5.98. The van der Waals surface area contributed by atoms with Gasteiger partial charge in [0.05, 0.1) is 5.69 Å². The van der Waals surface area contributed by atoms with Crippen LogP contribution in [0.2, 0.25) is 5.15 Å². The van der Waals surface area contributed by atoms with E-state index in [1.807, 2.05) is 11.6 Å². The van der Waals surface area contributed by atoms with Crippen LogP contribution >= 0.6 is 22.9 Å². The van der Waals surface area contributed by atoms with Gasteiger partial charge in [-0.1, -0.05) is 25.4 Å². The molecule has 4 heteroatoms. The SMILES string of the molecule is CC(C)c1c(Cl)nc2sccn12. The first-order valence-corrected chi connectivity index (χ1v) is 5.07. The van der Waals surface area contributed by atoms with Crippen LogP contribution in [0.3, 0.4) is 0 Å². The molecule has 2 nitrogen and oxygen atoms in total. The molecule has 2 rings (SSSR count). The maximum Gasteiger partial charge on any atom is 0.195 e. The predicted molar refractivity (Wildman–Crippen MR) is 52.2 cm³/mol. The highest BCUT2D eigenvalue weighted by atomic mass is 35.5. The fourth-order valence-corrected chi connectivity index (χ4v) is 2.45. The van der Waals surface area contributed by atoms with Crippen LogP contribution in [0.25, 0.3) is 4.96 Å². The molecule has 2 heterocycles. The third-order valence-corrected chi connectivity index (χ3v) is 2.84. The van der Waals surface area contributed by atoms with Crippen molar-refractivity contribution in [1.29, 1.82) is 0 Å². The van der Waals surface area contributed by atoms with Crippen LogP contribution in [0.1, 0.15) is 25.5 Å². The Labute approximate surface area is 79.8 Å². The van der Waals surface area contributed by atoms with Crippen molar-refractivity contribution in [3.05, 3.63) is 22.4 Å². The highest BCUT2D eigenvalue weighted by Gasteiger charge is 2.13. The van der Waals surface area contributed by atoms with Crippen LogP contribution < -0.4 is 0 Å². The van der Waals surface area contributed by atoms with Crippen LogP contribution in [0.15, 0.2) is 11.6 Å². The van der Waals surface area contributed by atoms with Gasteiger partial charge in [0.15, 0.2) is 10.1 Å². The van der Waals surface area contributed by atoms with Crippen LogP contribution in [-0.4, -0.2) is 9.38 Å². The zero-order valence-corrected chi connectivity index (χ0v) is 8.49. The summed E-state index contributed by atoms with van der Waals surface area (Å²) >= 11 is 7.59. The van der Waals surface area contributed by atoms with Crippen molar-refractivity contribution in [3.63, 3.8) is 0 Å². The molecule has 0 saturated carbocycles. The Kier molecular flexibility index (Phi) is 1.85. The fourth-order valence-electron chi connectivity index (χ4n) is 1.29. The summed E-state index contributed by atoms with van der Waals surface area (Å²) in [6, 6.07) is 0. The lowest BCUT2D eigenvalue weighted by Crippen LogP contribution is -1.92. The summed E-state index contributed by atoms with van der Waals surface area (Å²) in [7, 11) is 0. The molecule has 0 aliphatic rings. The van der Waals surface area contributed by atoms with Crippen molar-refractivity contribution >= 4 is 27.9 Å². The van der Waals surface area contributed by atoms with E-state index in [0.29, 0.717) is 11.1 Å². The van der Waals surface area contributed by atoms with E-state index in [9.17, 15) is 0 Å². The first-order chi connectivity index (χ1) is 5.70. The second-order valence-corrected chi connectivity index (χ2v) is 4.23. The Hall–Kier alpha value is -0.540. The Morgan fingerprint density at radius 1 is 1.58 bits per heavy atom. The van der Waals surface area contributed by atoms with E-state index in [2.05, 4.69) is 23.2 Å². The minimum Gasteiger partial charge on any atom is -0.293 e. The van der Waals surface area contributed by atoms with Crippen LogP contribution in [0.4, 0.5) is 0 Å². The van der Waals surface area contributed by atoms with Crippen LogP contribution in [-0.2, 0) is 0 Å². The average molecular weight is 201 g/mol. The van der Waals surface area contributed by atoms with Crippen molar-refractivity contribution in [2.24, 2.45) is 0 Å². The molecule has 0 aliphatic carbocycles. The third kappa shape index (κ3) is 1.04. The van der Waals surface area contributed by atoms with E-state index >= 15 is 0 Å². The molecule has 2 aromatic heterocycles. The van der Waals surface area contributed by atoms with E-state index in [1.165, 1.54) is 0 Å². The summed E-state index contributed by atoms with van der Waals surface area (Å²) in [5.74, 6) is 0.419. The largest absolute Gasteiger partial charge is 0.293 e. The smallest absolute Gasteiger partial charge is 0.195 e. The molecule has 0 atom stereocenters. The number of halogens is 1. The molecule has 0 aromatic carbocycles. The fraction of sp³-hybridized carbons (Fsp3) is 0.375. The van der Waals surface area contributed by atoms with E-state index in [1.54, 1.807) is 11.3 Å². The van der Waals surface area contributed by atoms with Crippen molar-refractivity contribution in [1.82, 2.24) is 9.38 Å². The lowest BCUT2D eigenvalue weighted by Gasteiger charge is -2.02. The second kappa shape index (κ2) is 2.75. The molecule has 0 aliphatic heterocycles. The molecular weight excluding hydrogens is 192 g/mol. The number of fused-ring (bicyclic) bond motifs is 1. The molecule has 64 valence electrons. The first kappa shape index (κ1) is 8.08. The number of imidazole rings is 1. The lowest BCUT2D eigenvalue weighted by atomic mass is 10.1. The number of rotatable bonds is 1. The Morgan fingerprint density at radius 3 is 3.00 bits per heavy atom. The predicted octanol–water partition coefficient (Wildman–Crippen LogP) is 3.17. The third-order valence-electron chi connectivity index (χ3n) is 1.80. The zero-order valence-electron chi connectivity index (χ0n) is 6.91. The standard InChI is InChI=1S/C8H9ClN2S/c1-5(2)6-7(9)10-8-11(6)3-4-12-8/h3-5H,1-2H3. The van der Waals surface area contributed by atoms with Gasteiger partial charge in [-0.25, -0.2) is 4.98 Å². The Balaban J connectivity index is 2.76. The summed E-state index contributed by atoms with van der Waals surface area (Å²) in [6.45, 7) is 4.24. The summed E-state index contributed by atoms with van der Waals surface area (Å²) in [6.07, 6.45) is 2.01.